The van der Waals surface area contributed by atoms with E-state index in [-0.39, 0.29) is 35.7 Å². The Balaban J connectivity index is 0.00000261. The van der Waals surface area contributed by atoms with Gasteiger partial charge in [0.2, 0.25) is 16.8 Å². The van der Waals surface area contributed by atoms with Crippen LogP contribution in [-0.2, 0) is 23.1 Å². The van der Waals surface area contributed by atoms with Gasteiger partial charge in [0, 0.05) is 20.1 Å². The number of benzene rings is 2. The number of fused-ring (bicyclic) bond motifs is 1. The maximum Gasteiger partial charge on any atom is 0.238 e. The molecule has 2 aromatic rings. The van der Waals surface area contributed by atoms with Crippen LogP contribution in [0.25, 0.3) is 0 Å². The first-order valence-electron chi connectivity index (χ1n) is 7.90. The van der Waals surface area contributed by atoms with Gasteiger partial charge in [0.25, 0.3) is 0 Å². The van der Waals surface area contributed by atoms with Crippen molar-refractivity contribution in [2.75, 3.05) is 13.8 Å². The van der Waals surface area contributed by atoms with Crippen LogP contribution in [0.3, 0.4) is 0 Å². The van der Waals surface area contributed by atoms with Crippen LogP contribution >= 0.6 is 24.0 Å². The minimum atomic E-state index is -3.67. The lowest BCUT2D eigenvalue weighted by Crippen LogP contribution is -2.36. The molecule has 146 valence electrons. The first-order valence-corrected chi connectivity index (χ1v) is 9.45. The molecule has 0 fully saturated rings. The number of rotatable bonds is 5. The molecule has 1 aliphatic heterocycles. The summed E-state index contributed by atoms with van der Waals surface area (Å²) in [6, 6.07) is 12.1. The number of nitrogens with zero attached hydrogens (tertiary/aromatic N) is 1. The molecule has 0 bridgehead atoms. The number of guanidine groups is 1. The van der Waals surface area contributed by atoms with Crippen LogP contribution in [0, 0.1) is 0 Å². The first-order chi connectivity index (χ1) is 12.5. The Morgan fingerprint density at radius 1 is 1.04 bits per heavy atom. The second-order valence-corrected chi connectivity index (χ2v) is 7.22. The van der Waals surface area contributed by atoms with Crippen LogP contribution in [-0.4, -0.2) is 28.2 Å². The SMILES string of the molecule is CN=C(NCc1ccc(S(N)(=O)=O)cc1)NCc1ccc2c(c1)OCO2.I. The molecule has 0 saturated heterocycles. The predicted molar refractivity (Wildman–Crippen MR) is 113 cm³/mol. The van der Waals surface area contributed by atoms with Gasteiger partial charge >= 0.3 is 0 Å². The lowest BCUT2D eigenvalue weighted by molar-refractivity contribution is 0.174. The highest BCUT2D eigenvalue weighted by molar-refractivity contribution is 14.0. The van der Waals surface area contributed by atoms with Crippen molar-refractivity contribution in [2.45, 2.75) is 18.0 Å². The highest BCUT2D eigenvalue weighted by Crippen LogP contribution is 2.32. The van der Waals surface area contributed by atoms with E-state index in [1.54, 1.807) is 19.2 Å². The smallest absolute Gasteiger partial charge is 0.238 e. The van der Waals surface area contributed by atoms with Crippen LogP contribution in [0.5, 0.6) is 11.5 Å². The van der Waals surface area contributed by atoms with E-state index >= 15 is 0 Å². The van der Waals surface area contributed by atoms with E-state index in [9.17, 15) is 8.42 Å². The van der Waals surface area contributed by atoms with Gasteiger partial charge in [-0.1, -0.05) is 18.2 Å². The summed E-state index contributed by atoms with van der Waals surface area (Å²) in [6.07, 6.45) is 0. The molecule has 0 aromatic heterocycles. The molecule has 0 aliphatic carbocycles. The van der Waals surface area contributed by atoms with E-state index < -0.39 is 10.0 Å². The third kappa shape index (κ3) is 5.71. The van der Waals surface area contributed by atoms with Gasteiger partial charge in [-0.25, -0.2) is 13.6 Å². The minimum absolute atomic E-state index is 0. The number of nitrogens with two attached hydrogens (primary N) is 1. The van der Waals surface area contributed by atoms with E-state index in [1.165, 1.54) is 12.1 Å². The number of aliphatic imine (C=N–C) groups is 1. The summed E-state index contributed by atoms with van der Waals surface area (Å²) < 4.78 is 33.2. The van der Waals surface area contributed by atoms with Gasteiger partial charge in [-0.05, 0) is 35.4 Å². The van der Waals surface area contributed by atoms with E-state index in [0.717, 1.165) is 22.6 Å². The summed E-state index contributed by atoms with van der Waals surface area (Å²) in [7, 11) is -2.00. The van der Waals surface area contributed by atoms with Crippen LogP contribution in [0.2, 0.25) is 0 Å². The summed E-state index contributed by atoms with van der Waals surface area (Å²) in [4.78, 5) is 4.26. The summed E-state index contributed by atoms with van der Waals surface area (Å²) in [5.74, 6) is 2.11. The van der Waals surface area contributed by atoms with E-state index in [4.69, 9.17) is 14.6 Å². The number of ether oxygens (including phenoxy) is 2. The predicted octanol–water partition coefficient (Wildman–Crippen LogP) is 1.55. The summed E-state index contributed by atoms with van der Waals surface area (Å²) >= 11 is 0. The third-order valence-electron chi connectivity index (χ3n) is 3.83. The summed E-state index contributed by atoms with van der Waals surface area (Å²) in [6.45, 7) is 1.31. The Kier molecular flexibility index (Phi) is 7.27. The Morgan fingerprint density at radius 3 is 2.26 bits per heavy atom. The number of hydrogen-bond acceptors (Lipinski definition) is 5. The highest BCUT2D eigenvalue weighted by Gasteiger charge is 2.13. The fourth-order valence-corrected chi connectivity index (χ4v) is 2.96. The third-order valence-corrected chi connectivity index (χ3v) is 4.76. The van der Waals surface area contributed by atoms with Crippen LogP contribution in [0.15, 0.2) is 52.4 Å². The maximum atomic E-state index is 11.3. The number of primary sulfonamides is 1. The van der Waals surface area contributed by atoms with Crippen molar-refractivity contribution < 1.29 is 17.9 Å². The van der Waals surface area contributed by atoms with Crippen molar-refractivity contribution in [3.8, 4) is 11.5 Å². The molecule has 0 amide bonds. The second kappa shape index (κ2) is 9.24. The molecular weight excluding hydrogens is 483 g/mol. The van der Waals surface area contributed by atoms with Crippen molar-refractivity contribution >= 4 is 40.0 Å². The minimum Gasteiger partial charge on any atom is -0.454 e. The Morgan fingerprint density at radius 2 is 1.63 bits per heavy atom. The monoisotopic (exact) mass is 504 g/mol. The van der Waals surface area contributed by atoms with Gasteiger partial charge in [-0.3, -0.25) is 4.99 Å². The molecule has 27 heavy (non-hydrogen) atoms. The molecule has 4 N–H and O–H groups in total. The van der Waals surface area contributed by atoms with Gasteiger partial charge in [0.15, 0.2) is 17.5 Å². The zero-order valence-corrected chi connectivity index (χ0v) is 17.8. The normalized spacial score (nSPS) is 13.0. The largest absolute Gasteiger partial charge is 0.454 e. The maximum absolute atomic E-state index is 11.3. The molecule has 3 rings (SSSR count). The molecular formula is C17H21IN4O4S. The van der Waals surface area contributed by atoms with E-state index in [0.29, 0.717) is 19.0 Å². The fraction of sp³-hybridized carbons (Fsp3) is 0.235. The van der Waals surface area contributed by atoms with E-state index in [2.05, 4.69) is 15.6 Å². The Labute approximate surface area is 175 Å². The van der Waals surface area contributed by atoms with Crippen molar-refractivity contribution in [3.63, 3.8) is 0 Å². The lowest BCUT2D eigenvalue weighted by Gasteiger charge is -2.12. The number of halogens is 1. The Bertz CT molecular complexity index is 917. The van der Waals surface area contributed by atoms with Gasteiger partial charge in [0.05, 0.1) is 4.90 Å². The second-order valence-electron chi connectivity index (χ2n) is 5.66. The van der Waals surface area contributed by atoms with Crippen molar-refractivity contribution in [2.24, 2.45) is 10.1 Å². The Hall–Kier alpha value is -2.05. The molecule has 0 spiro atoms. The van der Waals surface area contributed by atoms with Crippen molar-refractivity contribution in [3.05, 3.63) is 53.6 Å². The molecule has 0 unspecified atom stereocenters. The van der Waals surface area contributed by atoms with Gasteiger partial charge in [-0.2, -0.15) is 0 Å². The molecule has 0 radical (unpaired) electrons. The molecule has 0 saturated carbocycles. The van der Waals surface area contributed by atoms with Gasteiger partial charge < -0.3 is 20.1 Å². The first kappa shape index (κ1) is 21.3. The van der Waals surface area contributed by atoms with Crippen LogP contribution in [0.1, 0.15) is 11.1 Å². The van der Waals surface area contributed by atoms with Crippen LogP contribution < -0.4 is 25.2 Å². The zero-order chi connectivity index (χ0) is 18.6. The van der Waals surface area contributed by atoms with Gasteiger partial charge in [0.1, 0.15) is 0 Å². The number of sulfonamides is 1. The molecule has 2 aromatic carbocycles. The van der Waals surface area contributed by atoms with E-state index in [1.807, 2.05) is 18.2 Å². The standard InChI is InChI=1S/C17H20N4O4S.HI/c1-19-17(20-9-12-2-5-14(6-3-12)26(18,22)23)21-10-13-4-7-15-16(8-13)25-11-24-15;/h2-8H,9-11H2,1H3,(H2,18,22,23)(H2,19,20,21);1H. The molecule has 8 nitrogen and oxygen atoms in total. The van der Waals surface area contributed by atoms with Crippen molar-refractivity contribution in [1.29, 1.82) is 0 Å². The number of hydrogen-bond donors (Lipinski definition) is 3. The fourth-order valence-electron chi connectivity index (χ4n) is 2.44. The average Bonchev–Trinajstić information content (AvgIpc) is 3.09. The topological polar surface area (TPSA) is 115 Å². The van der Waals surface area contributed by atoms with Crippen LogP contribution in [0.4, 0.5) is 0 Å². The highest BCUT2D eigenvalue weighted by atomic mass is 127. The molecule has 0 atom stereocenters. The quantitative estimate of drug-likeness (QED) is 0.324. The zero-order valence-electron chi connectivity index (χ0n) is 14.6. The van der Waals surface area contributed by atoms with Crippen molar-refractivity contribution in [1.82, 2.24) is 10.6 Å². The molecule has 1 aliphatic rings. The number of nitrogens with one attached hydrogen (secondary N) is 2. The molecule has 1 heterocycles. The lowest BCUT2D eigenvalue weighted by atomic mass is 10.2. The molecule has 10 heteroatoms. The summed E-state index contributed by atoms with van der Waals surface area (Å²) in [5, 5.41) is 11.5. The average molecular weight is 504 g/mol. The summed E-state index contributed by atoms with van der Waals surface area (Å²) in [5.41, 5.74) is 1.94. The van der Waals surface area contributed by atoms with Gasteiger partial charge in [-0.15, -0.1) is 24.0 Å².